The van der Waals surface area contributed by atoms with Crippen molar-refractivity contribution in [3.05, 3.63) is 46.8 Å². The van der Waals surface area contributed by atoms with Gasteiger partial charge >= 0.3 is 0 Å². The van der Waals surface area contributed by atoms with E-state index in [1.807, 2.05) is 63.6 Å². The number of amides is 2. The van der Waals surface area contributed by atoms with Crippen LogP contribution in [-0.2, 0) is 16.1 Å². The van der Waals surface area contributed by atoms with Crippen LogP contribution in [-0.4, -0.2) is 46.1 Å². The summed E-state index contributed by atoms with van der Waals surface area (Å²) in [4.78, 5) is 26.0. The molecule has 0 saturated carbocycles. The normalized spacial score (nSPS) is 11.7. The van der Waals surface area contributed by atoms with Gasteiger partial charge in [0.15, 0.2) is 0 Å². The molecule has 0 unspecified atom stereocenters. The van der Waals surface area contributed by atoms with E-state index in [-0.39, 0.29) is 36.7 Å². The van der Waals surface area contributed by atoms with Crippen molar-refractivity contribution < 1.29 is 9.59 Å². The summed E-state index contributed by atoms with van der Waals surface area (Å²) in [5.74, 6) is -0.464. The van der Waals surface area contributed by atoms with Crippen molar-refractivity contribution in [1.82, 2.24) is 20.0 Å². The van der Waals surface area contributed by atoms with Crippen molar-refractivity contribution in [2.24, 2.45) is 11.7 Å². The molecule has 2 rings (SSSR count). The van der Waals surface area contributed by atoms with Crippen molar-refractivity contribution in [3.63, 3.8) is 0 Å². The highest BCUT2D eigenvalue weighted by Crippen LogP contribution is 2.21. The molecule has 1 aromatic carbocycles. The number of aromatic nitrogens is 2. The summed E-state index contributed by atoms with van der Waals surface area (Å²) in [6.45, 7) is 10.1. The molecule has 0 bridgehead atoms. The Morgan fingerprint density at radius 1 is 1.21 bits per heavy atom. The molecule has 1 aromatic heterocycles. The van der Waals surface area contributed by atoms with Crippen LogP contribution in [0.5, 0.6) is 0 Å². The van der Waals surface area contributed by atoms with E-state index in [1.165, 1.54) is 0 Å². The van der Waals surface area contributed by atoms with Gasteiger partial charge in [0.05, 0.1) is 24.0 Å². The minimum Gasteiger partial charge on any atom is -0.346 e. The molecule has 0 spiro atoms. The molecule has 2 aromatic rings. The SMILES string of the molecule is Cc1ccccc1-n1nc(C)c(CN(C)C(=O)CNC(=O)[C@@H](N)C(C)C)c1C.Cl. The van der Waals surface area contributed by atoms with Crippen molar-refractivity contribution in [2.75, 3.05) is 13.6 Å². The topological polar surface area (TPSA) is 93.2 Å². The number of para-hydroxylation sites is 1. The molecule has 2 amide bonds. The van der Waals surface area contributed by atoms with Gasteiger partial charge in [0.1, 0.15) is 0 Å². The maximum absolute atomic E-state index is 12.4. The smallest absolute Gasteiger partial charge is 0.242 e. The molecule has 0 aliphatic rings. The van der Waals surface area contributed by atoms with Crippen LogP contribution in [0.1, 0.15) is 36.4 Å². The third-order valence-corrected chi connectivity index (χ3v) is 5.04. The molecule has 0 aliphatic heterocycles. The minimum absolute atomic E-state index is 0. The van der Waals surface area contributed by atoms with Gasteiger partial charge in [-0.05, 0) is 38.3 Å². The molecule has 0 aliphatic carbocycles. The van der Waals surface area contributed by atoms with E-state index < -0.39 is 6.04 Å². The molecule has 3 N–H and O–H groups in total. The number of nitrogens with zero attached hydrogens (tertiary/aromatic N) is 3. The Kier molecular flexibility index (Phi) is 8.85. The summed E-state index contributed by atoms with van der Waals surface area (Å²) < 4.78 is 1.92. The number of carbonyl (C=O) groups is 2. The lowest BCUT2D eigenvalue weighted by Gasteiger charge is -2.20. The maximum Gasteiger partial charge on any atom is 0.242 e. The van der Waals surface area contributed by atoms with Crippen LogP contribution in [0.25, 0.3) is 5.69 Å². The van der Waals surface area contributed by atoms with E-state index in [4.69, 9.17) is 5.73 Å². The zero-order valence-electron chi connectivity index (χ0n) is 18.0. The Bertz CT molecular complexity index is 863. The number of halogens is 1. The van der Waals surface area contributed by atoms with Crippen LogP contribution < -0.4 is 11.1 Å². The molecule has 0 saturated heterocycles. The minimum atomic E-state index is -0.616. The molecular weight excluding hydrogens is 390 g/mol. The second-order valence-electron chi connectivity index (χ2n) is 7.59. The zero-order valence-corrected chi connectivity index (χ0v) is 18.8. The average molecular weight is 422 g/mol. The Balaban J connectivity index is 0.00000420. The van der Waals surface area contributed by atoms with E-state index in [2.05, 4.69) is 10.4 Å². The van der Waals surface area contributed by atoms with Crippen LogP contribution in [0.15, 0.2) is 24.3 Å². The predicted molar refractivity (Wildman–Crippen MR) is 117 cm³/mol. The number of benzene rings is 1. The number of aryl methyl sites for hydroxylation is 2. The van der Waals surface area contributed by atoms with Crippen LogP contribution in [0, 0.1) is 26.7 Å². The molecule has 0 fully saturated rings. The summed E-state index contributed by atoms with van der Waals surface area (Å²) >= 11 is 0. The van der Waals surface area contributed by atoms with Gasteiger partial charge in [0.25, 0.3) is 0 Å². The van der Waals surface area contributed by atoms with E-state index in [9.17, 15) is 9.59 Å². The van der Waals surface area contributed by atoms with Crippen LogP contribution in [0.4, 0.5) is 0 Å². The summed E-state index contributed by atoms with van der Waals surface area (Å²) in [5, 5.41) is 7.28. The fourth-order valence-corrected chi connectivity index (χ4v) is 2.98. The average Bonchev–Trinajstić information content (AvgIpc) is 2.93. The van der Waals surface area contributed by atoms with Gasteiger partial charge in [-0.1, -0.05) is 32.0 Å². The third kappa shape index (κ3) is 5.81. The second kappa shape index (κ2) is 10.4. The largest absolute Gasteiger partial charge is 0.346 e. The van der Waals surface area contributed by atoms with Gasteiger partial charge in [-0.15, -0.1) is 12.4 Å². The molecular formula is C21H32ClN5O2. The first-order chi connectivity index (χ1) is 13.1. The third-order valence-electron chi connectivity index (χ3n) is 5.04. The lowest BCUT2D eigenvalue weighted by molar-refractivity contribution is -0.132. The lowest BCUT2D eigenvalue weighted by atomic mass is 10.1. The first kappa shape index (κ1) is 24.7. The molecule has 8 heteroatoms. The Labute approximate surface area is 179 Å². The van der Waals surface area contributed by atoms with Crippen LogP contribution in [0.3, 0.4) is 0 Å². The number of nitrogens with two attached hydrogens (primary N) is 1. The second-order valence-corrected chi connectivity index (χ2v) is 7.59. The summed E-state index contributed by atoms with van der Waals surface area (Å²) in [7, 11) is 1.72. The van der Waals surface area contributed by atoms with Crippen molar-refractivity contribution in [3.8, 4) is 5.69 Å². The number of nitrogens with one attached hydrogen (secondary N) is 1. The molecule has 1 heterocycles. The molecule has 0 radical (unpaired) electrons. The predicted octanol–water partition coefficient (Wildman–Crippen LogP) is 2.28. The van der Waals surface area contributed by atoms with Gasteiger partial charge in [-0.3, -0.25) is 9.59 Å². The Hall–Kier alpha value is -2.38. The van der Waals surface area contributed by atoms with E-state index in [0.717, 1.165) is 28.2 Å². The number of hydrogen-bond donors (Lipinski definition) is 2. The Morgan fingerprint density at radius 3 is 2.41 bits per heavy atom. The summed E-state index contributed by atoms with van der Waals surface area (Å²) in [6, 6.07) is 7.44. The summed E-state index contributed by atoms with van der Waals surface area (Å²) in [6.07, 6.45) is 0. The first-order valence-electron chi connectivity index (χ1n) is 9.51. The van der Waals surface area contributed by atoms with Crippen LogP contribution in [0.2, 0.25) is 0 Å². The van der Waals surface area contributed by atoms with Crippen molar-refractivity contribution in [2.45, 2.75) is 47.2 Å². The van der Waals surface area contributed by atoms with Crippen molar-refractivity contribution in [1.29, 1.82) is 0 Å². The summed E-state index contributed by atoms with van der Waals surface area (Å²) in [5.41, 5.74) is 10.8. The lowest BCUT2D eigenvalue weighted by Crippen LogP contribution is -2.47. The number of carbonyl (C=O) groups excluding carboxylic acids is 2. The van der Waals surface area contributed by atoms with E-state index in [1.54, 1.807) is 11.9 Å². The quantitative estimate of drug-likeness (QED) is 0.717. The number of hydrogen-bond acceptors (Lipinski definition) is 4. The first-order valence-corrected chi connectivity index (χ1v) is 9.51. The van der Waals surface area contributed by atoms with Gasteiger partial charge in [0, 0.05) is 24.8 Å². The van der Waals surface area contributed by atoms with Gasteiger partial charge < -0.3 is 16.0 Å². The molecule has 1 atom stereocenters. The van der Waals surface area contributed by atoms with Crippen molar-refractivity contribution >= 4 is 24.2 Å². The highest BCUT2D eigenvalue weighted by Gasteiger charge is 2.20. The molecule has 29 heavy (non-hydrogen) atoms. The molecule has 160 valence electrons. The van der Waals surface area contributed by atoms with E-state index in [0.29, 0.717) is 6.54 Å². The number of rotatable bonds is 7. The van der Waals surface area contributed by atoms with Gasteiger partial charge in [-0.25, -0.2) is 4.68 Å². The standard InChI is InChI=1S/C21H31N5O2.ClH/c1-13(2)20(22)21(28)23-11-19(27)25(6)12-17-15(4)24-26(16(17)5)18-10-8-7-9-14(18)3;/h7-10,13,20H,11-12,22H2,1-6H3,(H,23,28);1H/t20-;/m0./s1. The highest BCUT2D eigenvalue weighted by atomic mass is 35.5. The zero-order chi connectivity index (χ0) is 21.0. The van der Waals surface area contributed by atoms with E-state index >= 15 is 0 Å². The van der Waals surface area contributed by atoms with Gasteiger partial charge in [-0.2, -0.15) is 5.10 Å². The highest BCUT2D eigenvalue weighted by molar-refractivity contribution is 5.87. The number of likely N-dealkylation sites (N-methyl/N-ethyl adjacent to an activating group) is 1. The maximum atomic E-state index is 12.4. The monoisotopic (exact) mass is 421 g/mol. The Morgan fingerprint density at radius 2 is 1.83 bits per heavy atom. The fraction of sp³-hybridized carbons (Fsp3) is 0.476. The van der Waals surface area contributed by atoms with Crippen LogP contribution >= 0.6 is 12.4 Å². The molecule has 7 nitrogen and oxygen atoms in total. The van der Waals surface area contributed by atoms with Gasteiger partial charge in [0.2, 0.25) is 11.8 Å². The fourth-order valence-electron chi connectivity index (χ4n) is 2.98.